The van der Waals surface area contributed by atoms with Gasteiger partial charge in [-0.3, -0.25) is 0 Å². The highest BCUT2D eigenvalue weighted by atomic mass is 19.4. The quantitative estimate of drug-likeness (QED) is 0.566. The Balaban J connectivity index is 2.89. The second-order valence-electron chi connectivity index (χ2n) is 2.97. The average molecular weight is 206 g/mol. The first-order chi connectivity index (χ1) is 5.58. The molecule has 3 atom stereocenters. The minimum atomic E-state index is -4.97. The van der Waals surface area contributed by atoms with Gasteiger partial charge in [0.2, 0.25) is 0 Å². The number of ether oxygens (including phenoxy) is 2. The molecule has 1 heterocycles. The summed E-state index contributed by atoms with van der Waals surface area (Å²) >= 11 is 0. The lowest BCUT2D eigenvalue weighted by Crippen LogP contribution is -2.44. The molecular formula is C6H7F5O2. The number of hydrogen-bond donors (Lipinski definition) is 0. The van der Waals surface area contributed by atoms with Gasteiger partial charge in [-0.1, -0.05) is 0 Å². The molecule has 0 amide bonds. The Hall–Kier alpha value is -0.430. The van der Waals surface area contributed by atoms with Crippen molar-refractivity contribution in [3.63, 3.8) is 0 Å². The Kier molecular flexibility index (Phi) is 2.08. The summed E-state index contributed by atoms with van der Waals surface area (Å²) in [5, 5.41) is 0. The monoisotopic (exact) mass is 206 g/mol. The van der Waals surface area contributed by atoms with Gasteiger partial charge >= 0.3 is 6.18 Å². The lowest BCUT2D eigenvalue weighted by atomic mass is 10.3. The van der Waals surface area contributed by atoms with Crippen LogP contribution in [0.3, 0.4) is 0 Å². The van der Waals surface area contributed by atoms with Crippen LogP contribution in [0, 0.1) is 0 Å². The van der Waals surface area contributed by atoms with E-state index in [1.165, 1.54) is 0 Å². The van der Waals surface area contributed by atoms with E-state index in [4.69, 9.17) is 0 Å². The summed E-state index contributed by atoms with van der Waals surface area (Å²) in [4.78, 5) is 0. The van der Waals surface area contributed by atoms with E-state index in [1.807, 2.05) is 0 Å². The molecule has 2 nitrogen and oxygen atoms in total. The van der Waals surface area contributed by atoms with Crippen LogP contribution in [0.4, 0.5) is 22.0 Å². The predicted octanol–water partition coefficient (Wildman–Crippen LogP) is 2.29. The molecule has 1 rings (SSSR count). The van der Waals surface area contributed by atoms with E-state index in [0.29, 0.717) is 13.8 Å². The molecular weight excluding hydrogens is 199 g/mol. The van der Waals surface area contributed by atoms with Crippen LogP contribution in [0.5, 0.6) is 0 Å². The molecule has 13 heavy (non-hydrogen) atoms. The molecule has 0 spiro atoms. The molecule has 0 aromatic rings. The van der Waals surface area contributed by atoms with Crippen LogP contribution >= 0.6 is 0 Å². The Labute approximate surface area is 70.6 Å². The molecule has 0 bridgehead atoms. The zero-order chi connectivity index (χ0) is 10.5. The summed E-state index contributed by atoms with van der Waals surface area (Å²) in [6.07, 6.45) is -7.71. The SMILES string of the molecule is CC1(F)OC(C)(C(F)(F)F)OC1F. The Morgan fingerprint density at radius 2 is 1.69 bits per heavy atom. The number of hydrogen-bond acceptors (Lipinski definition) is 2. The van der Waals surface area contributed by atoms with Crippen LogP contribution in [0.2, 0.25) is 0 Å². The van der Waals surface area contributed by atoms with Gasteiger partial charge < -0.3 is 9.47 Å². The standard InChI is InChI=1S/C6H7F5O2/c1-4(8)3(7)12-5(2,13-4)6(9,10)11/h3H,1-2H3. The maximum Gasteiger partial charge on any atom is 0.443 e. The zero-order valence-corrected chi connectivity index (χ0v) is 6.78. The highest BCUT2D eigenvalue weighted by Crippen LogP contribution is 2.46. The lowest BCUT2D eigenvalue weighted by Gasteiger charge is -2.25. The van der Waals surface area contributed by atoms with Crippen LogP contribution in [-0.4, -0.2) is 24.2 Å². The van der Waals surface area contributed by atoms with E-state index in [0.717, 1.165) is 0 Å². The molecule has 1 aliphatic rings. The van der Waals surface area contributed by atoms with E-state index < -0.39 is 24.2 Å². The van der Waals surface area contributed by atoms with Crippen molar-refractivity contribution < 1.29 is 31.4 Å². The van der Waals surface area contributed by atoms with Gasteiger partial charge in [0.15, 0.2) is 0 Å². The van der Waals surface area contributed by atoms with E-state index in [9.17, 15) is 22.0 Å². The fourth-order valence-corrected chi connectivity index (χ4v) is 0.879. The molecule has 3 unspecified atom stereocenters. The Morgan fingerprint density at radius 3 is 1.85 bits per heavy atom. The van der Waals surface area contributed by atoms with E-state index in [1.54, 1.807) is 0 Å². The second-order valence-corrected chi connectivity index (χ2v) is 2.97. The number of rotatable bonds is 0. The minimum absolute atomic E-state index is 0.421. The molecule has 0 saturated carbocycles. The number of halogens is 5. The second kappa shape index (κ2) is 2.54. The van der Waals surface area contributed by atoms with Crippen LogP contribution in [0.15, 0.2) is 0 Å². The number of alkyl halides is 5. The first-order valence-corrected chi connectivity index (χ1v) is 3.36. The Morgan fingerprint density at radius 1 is 1.23 bits per heavy atom. The van der Waals surface area contributed by atoms with Crippen molar-refractivity contribution in [1.82, 2.24) is 0 Å². The summed E-state index contributed by atoms with van der Waals surface area (Å²) < 4.78 is 69.1. The summed E-state index contributed by atoms with van der Waals surface area (Å²) in [5.41, 5.74) is 0. The van der Waals surface area contributed by atoms with Crippen LogP contribution in [-0.2, 0) is 9.47 Å². The van der Waals surface area contributed by atoms with Gasteiger partial charge in [-0.05, 0) is 6.92 Å². The van der Waals surface area contributed by atoms with Gasteiger partial charge in [-0.2, -0.15) is 13.2 Å². The molecule has 1 fully saturated rings. The Bertz CT molecular complexity index is 210. The lowest BCUT2D eigenvalue weighted by molar-refractivity contribution is -0.355. The maximum atomic E-state index is 12.8. The van der Waals surface area contributed by atoms with Gasteiger partial charge in [0.25, 0.3) is 18.0 Å². The van der Waals surface area contributed by atoms with Gasteiger partial charge in [-0.25, -0.2) is 8.78 Å². The summed E-state index contributed by atoms with van der Waals surface area (Å²) in [5.74, 6) is -6.28. The third-order valence-electron chi connectivity index (χ3n) is 1.64. The minimum Gasteiger partial charge on any atom is -0.303 e. The fourth-order valence-electron chi connectivity index (χ4n) is 0.879. The molecule has 0 radical (unpaired) electrons. The van der Waals surface area contributed by atoms with Crippen molar-refractivity contribution in [2.45, 2.75) is 38.0 Å². The highest BCUT2D eigenvalue weighted by Gasteiger charge is 2.66. The van der Waals surface area contributed by atoms with Gasteiger partial charge in [0, 0.05) is 6.92 Å². The zero-order valence-electron chi connectivity index (χ0n) is 6.78. The summed E-state index contributed by atoms with van der Waals surface area (Å²) in [7, 11) is 0. The van der Waals surface area contributed by atoms with Gasteiger partial charge in [0.1, 0.15) is 0 Å². The molecule has 0 aromatic carbocycles. The predicted molar refractivity (Wildman–Crippen MR) is 31.0 cm³/mol. The molecule has 1 saturated heterocycles. The van der Waals surface area contributed by atoms with E-state index in [-0.39, 0.29) is 0 Å². The van der Waals surface area contributed by atoms with Crippen molar-refractivity contribution in [2.75, 3.05) is 0 Å². The van der Waals surface area contributed by atoms with E-state index in [2.05, 4.69) is 9.47 Å². The highest BCUT2D eigenvalue weighted by molar-refractivity contribution is 4.86. The normalized spacial score (nSPS) is 46.8. The molecule has 0 aromatic heterocycles. The summed E-state index contributed by atoms with van der Waals surface area (Å²) in [6.45, 7) is 0.957. The first-order valence-electron chi connectivity index (χ1n) is 3.36. The van der Waals surface area contributed by atoms with E-state index >= 15 is 0 Å². The molecule has 7 heteroatoms. The topological polar surface area (TPSA) is 18.5 Å². The summed E-state index contributed by atoms with van der Waals surface area (Å²) in [6, 6.07) is 0. The van der Waals surface area contributed by atoms with Crippen LogP contribution in [0.25, 0.3) is 0 Å². The maximum absolute atomic E-state index is 12.8. The fraction of sp³-hybridized carbons (Fsp3) is 1.00. The molecule has 0 aliphatic carbocycles. The average Bonchev–Trinajstić information content (AvgIpc) is 2.01. The molecule has 1 aliphatic heterocycles. The molecule has 78 valence electrons. The van der Waals surface area contributed by atoms with Crippen LogP contribution in [0.1, 0.15) is 13.8 Å². The van der Waals surface area contributed by atoms with Gasteiger partial charge in [0.05, 0.1) is 0 Å². The third kappa shape index (κ3) is 1.62. The van der Waals surface area contributed by atoms with Crippen molar-refractivity contribution in [3.8, 4) is 0 Å². The van der Waals surface area contributed by atoms with Crippen molar-refractivity contribution in [3.05, 3.63) is 0 Å². The molecule has 0 N–H and O–H groups in total. The third-order valence-corrected chi connectivity index (χ3v) is 1.64. The van der Waals surface area contributed by atoms with Crippen LogP contribution < -0.4 is 0 Å². The first kappa shape index (κ1) is 10.6. The van der Waals surface area contributed by atoms with Gasteiger partial charge in [-0.15, -0.1) is 0 Å². The largest absolute Gasteiger partial charge is 0.443 e. The van der Waals surface area contributed by atoms with Crippen molar-refractivity contribution >= 4 is 0 Å². The van der Waals surface area contributed by atoms with Crippen molar-refractivity contribution in [1.29, 1.82) is 0 Å². The van der Waals surface area contributed by atoms with Crippen molar-refractivity contribution in [2.24, 2.45) is 0 Å². The smallest absolute Gasteiger partial charge is 0.303 e.